The van der Waals surface area contributed by atoms with Crippen molar-refractivity contribution < 1.29 is 14.3 Å². The fraction of sp³-hybridized carbons (Fsp3) is 0.304. The molecule has 1 amide bonds. The van der Waals surface area contributed by atoms with Crippen LogP contribution in [0, 0.1) is 0 Å². The van der Waals surface area contributed by atoms with Gasteiger partial charge >= 0.3 is 5.97 Å². The Bertz CT molecular complexity index is 1350. The Morgan fingerprint density at radius 1 is 1.06 bits per heavy atom. The summed E-state index contributed by atoms with van der Waals surface area (Å²) in [6.45, 7) is 3.63. The molecule has 1 N–H and O–H groups in total. The Morgan fingerprint density at radius 2 is 1.81 bits per heavy atom. The van der Waals surface area contributed by atoms with Crippen LogP contribution in [0.2, 0.25) is 0 Å². The van der Waals surface area contributed by atoms with Crippen LogP contribution in [-0.2, 0) is 19.9 Å². The lowest BCUT2D eigenvalue weighted by molar-refractivity contribution is -0.152. The van der Waals surface area contributed by atoms with E-state index in [1.54, 1.807) is 23.1 Å². The number of nitrogens with one attached hydrogen (secondary N) is 1. The number of para-hydroxylation sites is 2. The Labute approximate surface area is 177 Å². The van der Waals surface area contributed by atoms with Crippen molar-refractivity contribution >= 4 is 28.5 Å². The highest BCUT2D eigenvalue weighted by Gasteiger charge is 2.66. The predicted octanol–water partition coefficient (Wildman–Crippen LogP) is 1.83. The van der Waals surface area contributed by atoms with Gasteiger partial charge in [0.1, 0.15) is 12.2 Å². The Hall–Kier alpha value is -3.52. The Morgan fingerprint density at radius 3 is 2.65 bits per heavy atom. The van der Waals surface area contributed by atoms with E-state index < -0.39 is 29.3 Å². The maximum absolute atomic E-state index is 13.1. The van der Waals surface area contributed by atoms with Crippen LogP contribution >= 0.6 is 0 Å². The average molecular weight is 416 g/mol. The molecule has 2 fully saturated rings. The van der Waals surface area contributed by atoms with Gasteiger partial charge in [-0.2, -0.15) is 0 Å². The molecule has 0 radical (unpaired) electrons. The lowest BCUT2D eigenvalue weighted by Gasteiger charge is -2.30. The molecule has 1 spiro atoms. The molecule has 0 bridgehead atoms. The van der Waals surface area contributed by atoms with Crippen LogP contribution in [-0.4, -0.2) is 33.1 Å². The fourth-order valence-electron chi connectivity index (χ4n) is 5.16. The molecular weight excluding hydrogens is 396 g/mol. The summed E-state index contributed by atoms with van der Waals surface area (Å²) < 4.78 is 7.40. The van der Waals surface area contributed by atoms with E-state index in [0.717, 1.165) is 11.3 Å². The maximum Gasteiger partial charge on any atom is 0.330 e. The van der Waals surface area contributed by atoms with Gasteiger partial charge in [-0.25, -0.2) is 9.78 Å². The summed E-state index contributed by atoms with van der Waals surface area (Å²) in [6, 6.07) is 13.7. The maximum atomic E-state index is 13.1. The third-order valence-electron chi connectivity index (χ3n) is 6.65. The van der Waals surface area contributed by atoms with Crippen molar-refractivity contribution in [2.24, 2.45) is 0 Å². The zero-order chi connectivity index (χ0) is 21.5. The average Bonchev–Trinajstić information content (AvgIpc) is 3.32. The van der Waals surface area contributed by atoms with Crippen LogP contribution in [0.15, 0.2) is 59.7 Å². The number of anilines is 1. The molecule has 8 heteroatoms. The first-order chi connectivity index (χ1) is 14.8. The summed E-state index contributed by atoms with van der Waals surface area (Å²) >= 11 is 0. The molecule has 2 saturated heterocycles. The molecule has 6 rings (SSSR count). The number of aromatic nitrogens is 2. The zero-order valence-corrected chi connectivity index (χ0v) is 17.0. The van der Waals surface area contributed by atoms with Crippen molar-refractivity contribution in [2.75, 3.05) is 4.90 Å². The Balaban J connectivity index is 1.50. The normalized spacial score (nSPS) is 28.3. The van der Waals surface area contributed by atoms with E-state index in [-0.39, 0.29) is 17.9 Å². The van der Waals surface area contributed by atoms with Gasteiger partial charge in [-0.1, -0.05) is 30.3 Å². The van der Waals surface area contributed by atoms with E-state index in [2.05, 4.69) is 10.3 Å². The zero-order valence-electron chi connectivity index (χ0n) is 17.0. The highest BCUT2D eigenvalue weighted by molar-refractivity contribution is 6.05. The Kier molecular flexibility index (Phi) is 3.41. The molecule has 3 unspecified atom stereocenters. The van der Waals surface area contributed by atoms with Crippen LogP contribution in [0.25, 0.3) is 10.9 Å². The van der Waals surface area contributed by atoms with E-state index in [1.165, 1.54) is 10.9 Å². The van der Waals surface area contributed by atoms with E-state index in [9.17, 15) is 14.4 Å². The molecule has 0 saturated carbocycles. The lowest BCUT2D eigenvalue weighted by Crippen LogP contribution is -2.50. The highest BCUT2D eigenvalue weighted by Crippen LogP contribution is 2.55. The first-order valence-corrected chi connectivity index (χ1v) is 10.2. The summed E-state index contributed by atoms with van der Waals surface area (Å²) in [5.41, 5.74) is -0.0817. The number of benzene rings is 2. The summed E-state index contributed by atoms with van der Waals surface area (Å²) in [5, 5.41) is 3.80. The predicted molar refractivity (Wildman–Crippen MR) is 112 cm³/mol. The molecule has 8 nitrogen and oxygen atoms in total. The van der Waals surface area contributed by atoms with Crippen LogP contribution in [0.5, 0.6) is 0 Å². The molecule has 3 aliphatic heterocycles. The number of carbonyl (C=O) groups is 2. The van der Waals surface area contributed by atoms with Gasteiger partial charge in [-0.15, -0.1) is 0 Å². The van der Waals surface area contributed by atoms with E-state index in [0.29, 0.717) is 10.9 Å². The summed E-state index contributed by atoms with van der Waals surface area (Å²) in [6.07, 6.45) is 1.09. The second-order valence-corrected chi connectivity index (χ2v) is 8.87. The van der Waals surface area contributed by atoms with Gasteiger partial charge in [0, 0.05) is 12.0 Å². The molecule has 3 aromatic rings. The second kappa shape index (κ2) is 5.79. The van der Waals surface area contributed by atoms with Crippen molar-refractivity contribution in [1.29, 1.82) is 0 Å². The minimum atomic E-state index is -1.08. The number of hydrogen-bond acceptors (Lipinski definition) is 6. The third kappa shape index (κ3) is 2.22. The van der Waals surface area contributed by atoms with E-state index >= 15 is 0 Å². The summed E-state index contributed by atoms with van der Waals surface area (Å²) in [5.74, 6) is -0.583. The number of nitrogens with zero attached hydrogens (tertiary/aromatic N) is 3. The van der Waals surface area contributed by atoms with Gasteiger partial charge in [-0.05, 0) is 32.0 Å². The topological polar surface area (TPSA) is 93.5 Å². The van der Waals surface area contributed by atoms with Crippen LogP contribution in [0.1, 0.15) is 31.9 Å². The molecule has 156 valence electrons. The SMILES string of the molecule is CC1(C)NC2N(C1=O)c1ccccc1C21CC(n2cnc3ccccc3c2=O)C(=O)O1. The highest BCUT2D eigenvalue weighted by atomic mass is 16.6. The van der Waals surface area contributed by atoms with Crippen molar-refractivity contribution in [3.8, 4) is 0 Å². The smallest absolute Gasteiger partial charge is 0.330 e. The van der Waals surface area contributed by atoms with Gasteiger partial charge in [0.15, 0.2) is 5.60 Å². The van der Waals surface area contributed by atoms with Gasteiger partial charge < -0.3 is 4.74 Å². The summed E-state index contributed by atoms with van der Waals surface area (Å²) in [4.78, 5) is 45.4. The summed E-state index contributed by atoms with van der Waals surface area (Å²) in [7, 11) is 0. The van der Waals surface area contributed by atoms with Gasteiger partial charge in [0.05, 0.1) is 28.5 Å². The number of ether oxygens (including phenoxy) is 1. The van der Waals surface area contributed by atoms with Crippen LogP contribution in [0.3, 0.4) is 0 Å². The first-order valence-electron chi connectivity index (χ1n) is 10.2. The molecule has 4 heterocycles. The lowest BCUT2D eigenvalue weighted by atomic mass is 9.88. The number of fused-ring (bicyclic) bond motifs is 6. The monoisotopic (exact) mass is 416 g/mol. The largest absolute Gasteiger partial charge is 0.449 e. The number of amides is 1. The van der Waals surface area contributed by atoms with Crippen molar-refractivity contribution in [2.45, 2.75) is 43.6 Å². The van der Waals surface area contributed by atoms with Gasteiger partial charge in [0.25, 0.3) is 5.56 Å². The van der Waals surface area contributed by atoms with Gasteiger partial charge in [-0.3, -0.25) is 24.4 Å². The minimum Gasteiger partial charge on any atom is -0.449 e. The molecule has 0 aliphatic carbocycles. The standard InChI is InChI=1S/C23H20N4O4/c1-22(2)21(30)27-16-10-6-4-8-14(16)23(20(27)25-22)11-17(19(29)31-23)26-12-24-15-9-5-3-7-13(15)18(26)28/h3-10,12,17,20,25H,11H2,1-2H3. The molecule has 3 aliphatic rings. The molecular formula is C23H20N4O4. The number of carbonyl (C=O) groups excluding carboxylic acids is 2. The molecule has 3 atom stereocenters. The molecule has 31 heavy (non-hydrogen) atoms. The van der Waals surface area contributed by atoms with E-state index in [1.807, 2.05) is 44.2 Å². The van der Waals surface area contributed by atoms with Gasteiger partial charge in [0.2, 0.25) is 5.91 Å². The second-order valence-electron chi connectivity index (χ2n) is 8.87. The fourth-order valence-corrected chi connectivity index (χ4v) is 5.16. The van der Waals surface area contributed by atoms with Crippen molar-refractivity contribution in [3.05, 3.63) is 70.8 Å². The number of rotatable bonds is 1. The van der Waals surface area contributed by atoms with Crippen LogP contribution in [0.4, 0.5) is 5.69 Å². The van der Waals surface area contributed by atoms with Crippen molar-refractivity contribution in [3.63, 3.8) is 0 Å². The first kappa shape index (κ1) is 18.3. The van der Waals surface area contributed by atoms with Crippen LogP contribution < -0.4 is 15.8 Å². The molecule has 1 aromatic heterocycles. The number of hydrogen-bond donors (Lipinski definition) is 1. The minimum absolute atomic E-state index is 0.0779. The quantitative estimate of drug-likeness (QED) is 0.609. The van der Waals surface area contributed by atoms with Crippen molar-refractivity contribution in [1.82, 2.24) is 14.9 Å². The number of esters is 1. The third-order valence-corrected chi connectivity index (χ3v) is 6.65. The van der Waals surface area contributed by atoms with E-state index in [4.69, 9.17) is 4.74 Å². The molecule has 2 aromatic carbocycles.